The van der Waals surface area contributed by atoms with Gasteiger partial charge in [-0.15, -0.1) is 0 Å². The number of hydrogen-bond acceptors (Lipinski definition) is 6. The van der Waals surface area contributed by atoms with E-state index in [4.69, 9.17) is 4.42 Å². The Balaban J connectivity index is 1.76. The van der Waals surface area contributed by atoms with E-state index in [-0.39, 0.29) is 11.5 Å². The van der Waals surface area contributed by atoms with Gasteiger partial charge >= 0.3 is 0 Å². The quantitative estimate of drug-likeness (QED) is 0.528. The molecule has 2 aromatic heterocycles. The van der Waals surface area contributed by atoms with Gasteiger partial charge in [0, 0.05) is 17.3 Å². The van der Waals surface area contributed by atoms with Crippen molar-refractivity contribution in [1.82, 2.24) is 9.97 Å². The van der Waals surface area contributed by atoms with E-state index in [0.717, 1.165) is 10.9 Å². The molecule has 0 saturated heterocycles. The SMILES string of the molecule is Oc1ccc(-c2cc3c(Nc4cccc(O)c4)ncnc3o2)cc1. The zero-order valence-corrected chi connectivity index (χ0v) is 12.5. The largest absolute Gasteiger partial charge is 0.508 e. The predicted octanol–water partition coefficient (Wildman–Crippen LogP) is 4.04. The molecule has 0 unspecified atom stereocenters. The second kappa shape index (κ2) is 5.58. The number of fused-ring (bicyclic) bond motifs is 1. The van der Waals surface area contributed by atoms with Gasteiger partial charge in [-0.25, -0.2) is 9.97 Å². The van der Waals surface area contributed by atoms with Crippen molar-refractivity contribution < 1.29 is 14.6 Å². The molecule has 3 N–H and O–H groups in total. The van der Waals surface area contributed by atoms with Crippen molar-refractivity contribution in [3.05, 3.63) is 60.9 Å². The summed E-state index contributed by atoms with van der Waals surface area (Å²) in [6, 6.07) is 15.3. The summed E-state index contributed by atoms with van der Waals surface area (Å²) >= 11 is 0. The smallest absolute Gasteiger partial charge is 0.231 e. The third-order valence-electron chi connectivity index (χ3n) is 3.59. The van der Waals surface area contributed by atoms with Gasteiger partial charge < -0.3 is 19.9 Å². The van der Waals surface area contributed by atoms with Crippen LogP contribution in [0.4, 0.5) is 11.5 Å². The summed E-state index contributed by atoms with van der Waals surface area (Å²) in [5.41, 5.74) is 1.99. The number of furan rings is 1. The molecule has 2 aromatic carbocycles. The minimum absolute atomic E-state index is 0.169. The average molecular weight is 319 g/mol. The molecule has 0 radical (unpaired) electrons. The molecular formula is C18H13N3O3. The summed E-state index contributed by atoms with van der Waals surface area (Å²) in [5, 5.41) is 22.8. The summed E-state index contributed by atoms with van der Waals surface area (Å²) in [4.78, 5) is 8.40. The minimum atomic E-state index is 0.169. The maximum atomic E-state index is 9.57. The molecule has 6 heteroatoms. The van der Waals surface area contributed by atoms with Gasteiger partial charge in [-0.3, -0.25) is 0 Å². The number of nitrogens with one attached hydrogen (secondary N) is 1. The molecular weight excluding hydrogens is 306 g/mol. The molecule has 118 valence electrons. The van der Waals surface area contributed by atoms with Gasteiger partial charge in [0.05, 0.1) is 5.39 Å². The number of phenols is 2. The summed E-state index contributed by atoms with van der Waals surface area (Å²) < 4.78 is 5.77. The first kappa shape index (κ1) is 14.1. The van der Waals surface area contributed by atoms with Crippen molar-refractivity contribution in [3.63, 3.8) is 0 Å². The zero-order valence-electron chi connectivity index (χ0n) is 12.5. The molecule has 24 heavy (non-hydrogen) atoms. The van der Waals surface area contributed by atoms with Gasteiger partial charge in [0.25, 0.3) is 0 Å². The fourth-order valence-corrected chi connectivity index (χ4v) is 2.44. The fraction of sp³-hybridized carbons (Fsp3) is 0. The second-order valence-electron chi connectivity index (χ2n) is 5.27. The van der Waals surface area contributed by atoms with Crippen LogP contribution in [-0.4, -0.2) is 20.2 Å². The molecule has 0 saturated carbocycles. The number of aromatic nitrogens is 2. The van der Waals surface area contributed by atoms with E-state index in [1.165, 1.54) is 6.33 Å². The topological polar surface area (TPSA) is 91.4 Å². The molecule has 0 bridgehead atoms. The highest BCUT2D eigenvalue weighted by molar-refractivity contribution is 5.91. The first-order valence-corrected chi connectivity index (χ1v) is 7.29. The lowest BCUT2D eigenvalue weighted by Gasteiger charge is -2.05. The van der Waals surface area contributed by atoms with E-state index in [2.05, 4.69) is 15.3 Å². The van der Waals surface area contributed by atoms with Crippen LogP contribution < -0.4 is 5.32 Å². The predicted molar refractivity (Wildman–Crippen MR) is 90.3 cm³/mol. The Labute approximate surface area is 137 Å². The van der Waals surface area contributed by atoms with E-state index in [9.17, 15) is 10.2 Å². The van der Waals surface area contributed by atoms with Crippen LogP contribution in [0, 0.1) is 0 Å². The molecule has 0 amide bonds. The van der Waals surface area contributed by atoms with Crippen molar-refractivity contribution >= 4 is 22.6 Å². The Kier molecular flexibility index (Phi) is 3.28. The van der Waals surface area contributed by atoms with E-state index in [1.807, 2.05) is 12.1 Å². The summed E-state index contributed by atoms with van der Waals surface area (Å²) in [5.74, 6) is 1.58. The lowest BCUT2D eigenvalue weighted by molar-refractivity contribution is 0.475. The van der Waals surface area contributed by atoms with Crippen LogP contribution in [0.15, 0.2) is 65.3 Å². The van der Waals surface area contributed by atoms with Crippen LogP contribution in [0.1, 0.15) is 0 Å². The highest BCUT2D eigenvalue weighted by Gasteiger charge is 2.12. The van der Waals surface area contributed by atoms with Gasteiger partial charge in [0.1, 0.15) is 29.4 Å². The van der Waals surface area contributed by atoms with Gasteiger partial charge in [-0.05, 0) is 42.5 Å². The van der Waals surface area contributed by atoms with Crippen LogP contribution >= 0.6 is 0 Å². The van der Waals surface area contributed by atoms with E-state index in [0.29, 0.717) is 23.0 Å². The van der Waals surface area contributed by atoms with E-state index < -0.39 is 0 Å². The van der Waals surface area contributed by atoms with Gasteiger partial charge in [0.2, 0.25) is 5.71 Å². The lowest BCUT2D eigenvalue weighted by atomic mass is 10.1. The van der Waals surface area contributed by atoms with Crippen molar-refractivity contribution in [1.29, 1.82) is 0 Å². The van der Waals surface area contributed by atoms with Crippen molar-refractivity contribution in [2.45, 2.75) is 0 Å². The Morgan fingerprint density at radius 2 is 1.71 bits per heavy atom. The summed E-state index contributed by atoms with van der Waals surface area (Å²) in [6.07, 6.45) is 1.41. The maximum absolute atomic E-state index is 9.57. The number of nitrogens with zero attached hydrogens (tertiary/aromatic N) is 2. The first-order valence-electron chi connectivity index (χ1n) is 7.29. The Morgan fingerprint density at radius 1 is 0.875 bits per heavy atom. The number of phenolic OH excluding ortho intramolecular Hbond substituents is 2. The van der Waals surface area contributed by atoms with Gasteiger partial charge in [-0.2, -0.15) is 0 Å². The van der Waals surface area contributed by atoms with Gasteiger partial charge in [-0.1, -0.05) is 6.07 Å². The third-order valence-corrected chi connectivity index (χ3v) is 3.59. The molecule has 0 aliphatic rings. The molecule has 4 aromatic rings. The highest BCUT2D eigenvalue weighted by Crippen LogP contribution is 2.32. The second-order valence-corrected chi connectivity index (χ2v) is 5.27. The molecule has 2 heterocycles. The van der Waals surface area contributed by atoms with E-state index >= 15 is 0 Å². The minimum Gasteiger partial charge on any atom is -0.508 e. The van der Waals surface area contributed by atoms with Crippen molar-refractivity contribution in [3.8, 4) is 22.8 Å². The molecule has 0 fully saturated rings. The third kappa shape index (κ3) is 2.61. The highest BCUT2D eigenvalue weighted by atomic mass is 16.3. The number of rotatable bonds is 3. The van der Waals surface area contributed by atoms with Crippen LogP contribution in [0.5, 0.6) is 11.5 Å². The number of anilines is 2. The first-order chi connectivity index (χ1) is 11.7. The van der Waals surface area contributed by atoms with Crippen LogP contribution in [0.2, 0.25) is 0 Å². The number of hydrogen-bond donors (Lipinski definition) is 3. The normalized spacial score (nSPS) is 10.8. The molecule has 0 aliphatic carbocycles. The summed E-state index contributed by atoms with van der Waals surface area (Å²) in [6.45, 7) is 0. The molecule has 0 atom stereocenters. The molecule has 0 spiro atoms. The molecule has 0 aliphatic heterocycles. The van der Waals surface area contributed by atoms with Gasteiger partial charge in [0.15, 0.2) is 0 Å². The standard InChI is InChI=1S/C18H13N3O3/c22-13-6-4-11(5-7-13)16-9-15-17(19-10-20-18(15)24-16)21-12-2-1-3-14(23)8-12/h1-10,22-23H,(H,19,20,21). The number of benzene rings is 2. The molecule has 4 rings (SSSR count). The molecule has 6 nitrogen and oxygen atoms in total. The van der Waals surface area contributed by atoms with Crippen molar-refractivity contribution in [2.24, 2.45) is 0 Å². The zero-order chi connectivity index (χ0) is 16.5. The maximum Gasteiger partial charge on any atom is 0.231 e. The monoisotopic (exact) mass is 319 g/mol. The number of aromatic hydroxyl groups is 2. The van der Waals surface area contributed by atoms with E-state index in [1.54, 1.807) is 42.5 Å². The van der Waals surface area contributed by atoms with Crippen LogP contribution in [0.3, 0.4) is 0 Å². The summed E-state index contributed by atoms with van der Waals surface area (Å²) in [7, 11) is 0. The lowest BCUT2D eigenvalue weighted by Crippen LogP contribution is -1.94. The van der Waals surface area contributed by atoms with Crippen LogP contribution in [-0.2, 0) is 0 Å². The van der Waals surface area contributed by atoms with Crippen molar-refractivity contribution in [2.75, 3.05) is 5.32 Å². The average Bonchev–Trinajstić information content (AvgIpc) is 3.01. The fourth-order valence-electron chi connectivity index (χ4n) is 2.44. The Morgan fingerprint density at radius 3 is 2.50 bits per heavy atom. The van der Waals surface area contributed by atoms with Crippen LogP contribution in [0.25, 0.3) is 22.4 Å². The Hall–Kier alpha value is -3.54. The Bertz CT molecular complexity index is 1010.